The predicted octanol–water partition coefficient (Wildman–Crippen LogP) is 0.373. The third-order valence-electron chi connectivity index (χ3n) is 2.56. The zero-order valence-corrected chi connectivity index (χ0v) is 9.39. The Balaban J connectivity index is 2.84. The topological polar surface area (TPSA) is 120 Å². The lowest BCUT2D eigenvalue weighted by Crippen LogP contribution is -2.54. The average molecular weight is 240 g/mol. The van der Waals surface area contributed by atoms with Gasteiger partial charge in [0, 0.05) is 0 Å². The van der Waals surface area contributed by atoms with Crippen LogP contribution in [-0.2, 0) is 4.79 Å². The lowest BCUT2D eigenvalue weighted by molar-refractivity contribution is -0.141. The first-order valence-electron chi connectivity index (χ1n) is 5.33. The molecule has 5 N–H and O–H groups in total. The van der Waals surface area contributed by atoms with Crippen LogP contribution in [0.1, 0.15) is 29.8 Å². The standard InChI is InChI=1S/C11H16N2O4/c12-6-2-1-5-11(13,10(15)16)9(14)8-4-3-7-17-8/h3-4,7H,1-2,5-6,12-13H2,(H,15,16). The number of nitrogens with two attached hydrogens (primary N) is 2. The van der Waals surface area contributed by atoms with Crippen molar-refractivity contribution in [3.05, 3.63) is 24.2 Å². The molecule has 0 saturated carbocycles. The molecule has 0 aliphatic heterocycles. The lowest BCUT2D eigenvalue weighted by Gasteiger charge is -2.21. The first kappa shape index (κ1) is 13.4. The number of carbonyl (C=O) groups is 2. The van der Waals surface area contributed by atoms with Crippen molar-refractivity contribution in [3.8, 4) is 0 Å². The van der Waals surface area contributed by atoms with E-state index < -0.39 is 17.3 Å². The molecule has 1 heterocycles. The zero-order valence-electron chi connectivity index (χ0n) is 9.39. The monoisotopic (exact) mass is 240 g/mol. The summed E-state index contributed by atoms with van der Waals surface area (Å²) in [5.74, 6) is -2.11. The minimum absolute atomic E-state index is 0.0392. The fourth-order valence-electron chi connectivity index (χ4n) is 1.49. The number of carboxylic acids is 1. The van der Waals surface area contributed by atoms with Gasteiger partial charge in [0.15, 0.2) is 11.3 Å². The predicted molar refractivity (Wildman–Crippen MR) is 60.5 cm³/mol. The molecule has 0 fully saturated rings. The number of hydrogen-bond acceptors (Lipinski definition) is 5. The first-order chi connectivity index (χ1) is 8.02. The summed E-state index contributed by atoms with van der Waals surface area (Å²) in [4.78, 5) is 23.1. The van der Waals surface area contributed by atoms with E-state index in [4.69, 9.17) is 21.0 Å². The lowest BCUT2D eigenvalue weighted by atomic mass is 9.88. The second-order valence-electron chi connectivity index (χ2n) is 3.83. The highest BCUT2D eigenvalue weighted by Gasteiger charge is 2.43. The summed E-state index contributed by atoms with van der Waals surface area (Å²) < 4.78 is 4.88. The van der Waals surface area contributed by atoms with E-state index in [2.05, 4.69) is 0 Å². The van der Waals surface area contributed by atoms with E-state index in [0.29, 0.717) is 19.4 Å². The molecule has 1 atom stereocenters. The largest absolute Gasteiger partial charge is 0.480 e. The molecular weight excluding hydrogens is 224 g/mol. The van der Waals surface area contributed by atoms with Gasteiger partial charge >= 0.3 is 5.97 Å². The van der Waals surface area contributed by atoms with Crippen LogP contribution in [0.3, 0.4) is 0 Å². The molecule has 0 aliphatic rings. The molecule has 1 aromatic heterocycles. The van der Waals surface area contributed by atoms with Crippen LogP contribution in [0, 0.1) is 0 Å². The van der Waals surface area contributed by atoms with Crippen molar-refractivity contribution in [2.75, 3.05) is 6.54 Å². The Morgan fingerprint density at radius 1 is 1.41 bits per heavy atom. The Hall–Kier alpha value is -1.66. The second-order valence-corrected chi connectivity index (χ2v) is 3.83. The van der Waals surface area contributed by atoms with Crippen LogP contribution in [0.4, 0.5) is 0 Å². The van der Waals surface area contributed by atoms with Crippen LogP contribution in [0.25, 0.3) is 0 Å². The molecule has 0 saturated heterocycles. The molecule has 6 heteroatoms. The maximum Gasteiger partial charge on any atom is 0.331 e. The summed E-state index contributed by atoms with van der Waals surface area (Å²) >= 11 is 0. The Labute approximate surface area is 98.6 Å². The van der Waals surface area contributed by atoms with E-state index >= 15 is 0 Å². The molecule has 0 aliphatic carbocycles. The van der Waals surface area contributed by atoms with Crippen molar-refractivity contribution in [1.29, 1.82) is 0 Å². The van der Waals surface area contributed by atoms with Crippen molar-refractivity contribution in [2.45, 2.75) is 24.8 Å². The molecule has 17 heavy (non-hydrogen) atoms. The van der Waals surface area contributed by atoms with Crippen molar-refractivity contribution in [3.63, 3.8) is 0 Å². The Bertz CT molecular complexity index is 388. The maximum atomic E-state index is 11.9. The van der Waals surface area contributed by atoms with E-state index in [1.165, 1.54) is 18.4 Å². The van der Waals surface area contributed by atoms with Gasteiger partial charge in [0.2, 0.25) is 5.78 Å². The van der Waals surface area contributed by atoms with Gasteiger partial charge in [-0.25, -0.2) is 4.79 Å². The molecule has 1 rings (SSSR count). The van der Waals surface area contributed by atoms with E-state index in [0.717, 1.165) is 0 Å². The number of unbranched alkanes of at least 4 members (excludes halogenated alkanes) is 1. The van der Waals surface area contributed by atoms with Crippen molar-refractivity contribution >= 4 is 11.8 Å². The SMILES string of the molecule is NCCCCC(N)(C(=O)O)C(=O)c1ccco1. The Morgan fingerprint density at radius 2 is 2.12 bits per heavy atom. The van der Waals surface area contributed by atoms with Crippen LogP contribution in [-0.4, -0.2) is 28.9 Å². The fourth-order valence-corrected chi connectivity index (χ4v) is 1.49. The summed E-state index contributed by atoms with van der Waals surface area (Å²) in [5.41, 5.74) is 9.04. The first-order valence-corrected chi connectivity index (χ1v) is 5.33. The third-order valence-corrected chi connectivity index (χ3v) is 2.56. The zero-order chi connectivity index (χ0) is 12.9. The summed E-state index contributed by atoms with van der Waals surface area (Å²) in [5, 5.41) is 9.08. The van der Waals surface area contributed by atoms with Gasteiger partial charge < -0.3 is 21.0 Å². The number of hydrogen-bond donors (Lipinski definition) is 3. The van der Waals surface area contributed by atoms with Crippen LogP contribution in [0.5, 0.6) is 0 Å². The molecule has 1 aromatic rings. The summed E-state index contributed by atoms with van der Waals surface area (Å²) in [6, 6.07) is 2.91. The number of carbonyl (C=O) groups excluding carboxylic acids is 1. The smallest absolute Gasteiger partial charge is 0.331 e. The molecule has 94 valence electrons. The number of Topliss-reactive ketones (excluding diaryl/α,β-unsaturated/α-hetero) is 1. The fraction of sp³-hybridized carbons (Fsp3) is 0.455. The molecule has 6 nitrogen and oxygen atoms in total. The second kappa shape index (κ2) is 5.60. The highest BCUT2D eigenvalue weighted by molar-refractivity contribution is 6.14. The van der Waals surface area contributed by atoms with Gasteiger partial charge in [0.25, 0.3) is 0 Å². The van der Waals surface area contributed by atoms with Gasteiger partial charge in [-0.2, -0.15) is 0 Å². The van der Waals surface area contributed by atoms with Gasteiger partial charge in [0.05, 0.1) is 6.26 Å². The van der Waals surface area contributed by atoms with Gasteiger partial charge in [0.1, 0.15) is 0 Å². The Kier molecular flexibility index (Phi) is 4.42. The van der Waals surface area contributed by atoms with Crippen LogP contribution in [0.2, 0.25) is 0 Å². The number of carboxylic acid groups (broad SMARTS) is 1. The van der Waals surface area contributed by atoms with Crippen LogP contribution in [0.15, 0.2) is 22.8 Å². The highest BCUT2D eigenvalue weighted by Crippen LogP contribution is 2.18. The van der Waals surface area contributed by atoms with E-state index in [1.807, 2.05) is 0 Å². The van der Waals surface area contributed by atoms with E-state index in [9.17, 15) is 9.59 Å². The molecule has 0 radical (unpaired) electrons. The van der Waals surface area contributed by atoms with Gasteiger partial charge in [-0.1, -0.05) is 0 Å². The van der Waals surface area contributed by atoms with Crippen LogP contribution < -0.4 is 11.5 Å². The molecule has 1 unspecified atom stereocenters. The van der Waals surface area contributed by atoms with Crippen molar-refractivity contribution in [1.82, 2.24) is 0 Å². The average Bonchev–Trinajstić information content (AvgIpc) is 2.81. The van der Waals surface area contributed by atoms with Gasteiger partial charge in [-0.3, -0.25) is 4.79 Å². The highest BCUT2D eigenvalue weighted by atomic mass is 16.4. The number of furan rings is 1. The quantitative estimate of drug-likeness (QED) is 0.360. The van der Waals surface area contributed by atoms with Gasteiger partial charge in [-0.15, -0.1) is 0 Å². The molecular formula is C11H16N2O4. The maximum absolute atomic E-state index is 11.9. The molecule has 0 spiro atoms. The minimum Gasteiger partial charge on any atom is -0.480 e. The minimum atomic E-state index is -1.94. The summed E-state index contributed by atoms with van der Waals surface area (Å²) in [7, 11) is 0. The van der Waals surface area contributed by atoms with E-state index in [1.54, 1.807) is 0 Å². The van der Waals surface area contributed by atoms with Crippen LogP contribution >= 0.6 is 0 Å². The van der Waals surface area contributed by atoms with Crippen molar-refractivity contribution in [2.24, 2.45) is 11.5 Å². The van der Waals surface area contributed by atoms with Crippen molar-refractivity contribution < 1.29 is 19.1 Å². The van der Waals surface area contributed by atoms with E-state index in [-0.39, 0.29) is 12.2 Å². The summed E-state index contributed by atoms with van der Waals surface area (Å²) in [6.45, 7) is 0.435. The normalized spacial score (nSPS) is 14.2. The summed E-state index contributed by atoms with van der Waals surface area (Å²) in [6.07, 6.45) is 2.44. The Morgan fingerprint density at radius 3 is 2.59 bits per heavy atom. The number of aliphatic carboxylic acids is 1. The number of rotatable bonds is 7. The third kappa shape index (κ3) is 2.92. The molecule has 0 amide bonds. The van der Waals surface area contributed by atoms with Gasteiger partial charge in [-0.05, 0) is 37.9 Å². The number of ketones is 1. The molecule has 0 aromatic carbocycles. The molecule has 0 bridgehead atoms.